The van der Waals surface area contributed by atoms with Gasteiger partial charge in [-0.05, 0) is 63.4 Å². The SMILES string of the molecule is CCc1ccc(OCC(=O)N(Cc2c(Cl)cccc2Cl)[C@H](CC)C(=O)NC(C)(C)C)cc1. The number of rotatable bonds is 9. The number of nitrogens with zero attached hydrogens (tertiary/aromatic N) is 1. The van der Waals surface area contributed by atoms with Crippen molar-refractivity contribution in [2.24, 2.45) is 0 Å². The van der Waals surface area contributed by atoms with Crippen molar-refractivity contribution in [3.8, 4) is 5.75 Å². The topological polar surface area (TPSA) is 58.6 Å². The van der Waals surface area contributed by atoms with Gasteiger partial charge in [-0.1, -0.05) is 55.2 Å². The molecule has 0 aliphatic rings. The molecule has 0 radical (unpaired) electrons. The molecule has 7 heteroatoms. The van der Waals surface area contributed by atoms with Crippen LogP contribution in [0.5, 0.6) is 5.75 Å². The molecule has 0 fully saturated rings. The van der Waals surface area contributed by atoms with Crippen LogP contribution >= 0.6 is 23.2 Å². The monoisotopic (exact) mass is 478 g/mol. The number of ether oxygens (including phenoxy) is 1. The highest BCUT2D eigenvalue weighted by Gasteiger charge is 2.31. The van der Waals surface area contributed by atoms with E-state index in [4.69, 9.17) is 27.9 Å². The second-order valence-corrected chi connectivity index (χ2v) is 9.49. The Morgan fingerprint density at radius 3 is 2.12 bits per heavy atom. The number of hydrogen-bond acceptors (Lipinski definition) is 3. The normalized spacial score (nSPS) is 12.2. The first kappa shape index (κ1) is 26.0. The Morgan fingerprint density at radius 2 is 1.62 bits per heavy atom. The van der Waals surface area contributed by atoms with Crippen molar-refractivity contribution < 1.29 is 14.3 Å². The van der Waals surface area contributed by atoms with Crippen LogP contribution in [0.4, 0.5) is 0 Å². The minimum atomic E-state index is -0.694. The minimum Gasteiger partial charge on any atom is -0.484 e. The molecule has 174 valence electrons. The van der Waals surface area contributed by atoms with Gasteiger partial charge in [0, 0.05) is 27.7 Å². The zero-order valence-corrected chi connectivity index (χ0v) is 20.9. The molecule has 0 aliphatic carbocycles. The molecule has 1 atom stereocenters. The second-order valence-electron chi connectivity index (χ2n) is 8.67. The standard InChI is InChI=1S/C25H32Cl2N2O3/c1-6-17-11-13-18(14-12-17)32-16-23(30)29(15-19-20(26)9-8-10-21(19)27)22(7-2)24(31)28-25(3,4)5/h8-14,22H,6-7,15-16H2,1-5H3,(H,28,31)/t22-/m1/s1. The van der Waals surface area contributed by atoms with Crippen LogP contribution < -0.4 is 10.1 Å². The van der Waals surface area contributed by atoms with Gasteiger partial charge >= 0.3 is 0 Å². The fourth-order valence-electron chi connectivity index (χ4n) is 3.28. The lowest BCUT2D eigenvalue weighted by Crippen LogP contribution is -2.54. The van der Waals surface area contributed by atoms with Crippen LogP contribution in [0.2, 0.25) is 10.0 Å². The fraction of sp³-hybridized carbons (Fsp3) is 0.440. The van der Waals surface area contributed by atoms with Gasteiger partial charge in [-0.3, -0.25) is 9.59 Å². The zero-order chi connectivity index (χ0) is 23.9. The Bertz CT molecular complexity index is 904. The van der Waals surface area contributed by atoms with Gasteiger partial charge in [0.15, 0.2) is 6.61 Å². The maximum absolute atomic E-state index is 13.3. The van der Waals surface area contributed by atoms with E-state index in [2.05, 4.69) is 12.2 Å². The first-order valence-electron chi connectivity index (χ1n) is 10.8. The molecule has 1 N–H and O–H groups in total. The summed E-state index contributed by atoms with van der Waals surface area (Å²) in [5.74, 6) is 0.0405. The molecule has 2 amide bonds. The number of halogens is 2. The van der Waals surface area contributed by atoms with Crippen LogP contribution in [0.25, 0.3) is 0 Å². The van der Waals surface area contributed by atoms with Crippen LogP contribution in [0.3, 0.4) is 0 Å². The van der Waals surface area contributed by atoms with Crippen LogP contribution in [0.15, 0.2) is 42.5 Å². The van der Waals surface area contributed by atoms with Crippen molar-refractivity contribution >= 4 is 35.0 Å². The fourth-order valence-corrected chi connectivity index (χ4v) is 3.79. The summed E-state index contributed by atoms with van der Waals surface area (Å²) >= 11 is 12.7. The lowest BCUT2D eigenvalue weighted by atomic mass is 10.1. The lowest BCUT2D eigenvalue weighted by molar-refractivity contribution is -0.143. The van der Waals surface area contributed by atoms with Gasteiger partial charge in [0.1, 0.15) is 11.8 Å². The van der Waals surface area contributed by atoms with Crippen molar-refractivity contribution in [1.82, 2.24) is 10.2 Å². The van der Waals surface area contributed by atoms with Crippen LogP contribution in [0, 0.1) is 0 Å². The predicted octanol–water partition coefficient (Wildman–Crippen LogP) is 5.66. The van der Waals surface area contributed by atoms with Crippen LogP contribution in [-0.4, -0.2) is 34.9 Å². The Kier molecular flexibility index (Phi) is 9.41. The quantitative estimate of drug-likeness (QED) is 0.505. The molecular weight excluding hydrogens is 447 g/mol. The van der Waals surface area contributed by atoms with Crippen molar-refractivity contribution in [2.45, 2.75) is 65.6 Å². The number of carbonyl (C=O) groups is 2. The molecule has 5 nitrogen and oxygen atoms in total. The van der Waals surface area contributed by atoms with Crippen molar-refractivity contribution in [3.63, 3.8) is 0 Å². The molecular formula is C25H32Cl2N2O3. The summed E-state index contributed by atoms with van der Waals surface area (Å²) in [4.78, 5) is 27.8. The molecule has 2 aromatic rings. The van der Waals surface area contributed by atoms with E-state index >= 15 is 0 Å². The Labute approximate surface area is 201 Å². The highest BCUT2D eigenvalue weighted by molar-refractivity contribution is 6.36. The highest BCUT2D eigenvalue weighted by Crippen LogP contribution is 2.27. The molecule has 0 bridgehead atoms. The third-order valence-electron chi connectivity index (χ3n) is 4.97. The average Bonchev–Trinajstić information content (AvgIpc) is 2.73. The molecule has 0 aromatic heterocycles. The molecule has 0 spiro atoms. The Morgan fingerprint density at radius 1 is 1.03 bits per heavy atom. The molecule has 0 unspecified atom stereocenters. The van der Waals surface area contributed by atoms with Crippen molar-refractivity contribution in [2.75, 3.05) is 6.61 Å². The van der Waals surface area contributed by atoms with E-state index in [9.17, 15) is 9.59 Å². The summed E-state index contributed by atoms with van der Waals surface area (Å²) < 4.78 is 5.73. The van der Waals surface area contributed by atoms with Crippen molar-refractivity contribution in [3.05, 3.63) is 63.6 Å². The molecule has 0 heterocycles. The summed E-state index contributed by atoms with van der Waals surface area (Å²) in [6, 6.07) is 12.1. The number of carbonyl (C=O) groups excluding carboxylic acids is 2. The van der Waals surface area contributed by atoms with Gasteiger partial charge in [0.2, 0.25) is 5.91 Å². The van der Waals surface area contributed by atoms with E-state index in [1.165, 1.54) is 10.5 Å². The molecule has 0 saturated carbocycles. The van der Waals surface area contributed by atoms with E-state index in [0.717, 1.165) is 6.42 Å². The molecule has 2 aromatic carbocycles. The lowest BCUT2D eigenvalue weighted by Gasteiger charge is -2.33. The first-order chi connectivity index (χ1) is 15.1. The van der Waals surface area contributed by atoms with E-state index < -0.39 is 11.6 Å². The molecule has 2 rings (SSSR count). The second kappa shape index (κ2) is 11.6. The Balaban J connectivity index is 2.28. The largest absolute Gasteiger partial charge is 0.484 e. The summed E-state index contributed by atoms with van der Waals surface area (Å²) in [6.07, 6.45) is 1.35. The van der Waals surface area contributed by atoms with E-state index in [-0.39, 0.29) is 25.0 Å². The summed E-state index contributed by atoms with van der Waals surface area (Å²) in [5, 5.41) is 3.85. The minimum absolute atomic E-state index is 0.103. The zero-order valence-electron chi connectivity index (χ0n) is 19.4. The number of nitrogens with one attached hydrogen (secondary N) is 1. The maximum atomic E-state index is 13.3. The van der Waals surface area contributed by atoms with Gasteiger partial charge in [-0.15, -0.1) is 0 Å². The third kappa shape index (κ3) is 7.42. The van der Waals surface area contributed by atoms with Crippen molar-refractivity contribution in [1.29, 1.82) is 0 Å². The number of amides is 2. The van der Waals surface area contributed by atoms with Gasteiger partial charge in [-0.25, -0.2) is 0 Å². The molecule has 0 aliphatic heterocycles. The van der Waals surface area contributed by atoms with Gasteiger partial charge < -0.3 is 15.0 Å². The molecule has 32 heavy (non-hydrogen) atoms. The summed E-state index contributed by atoms with van der Waals surface area (Å²) in [6.45, 7) is 9.54. The van der Waals surface area contributed by atoms with Crippen LogP contribution in [0.1, 0.15) is 52.2 Å². The summed E-state index contributed by atoms with van der Waals surface area (Å²) in [5.41, 5.74) is 1.35. The van der Waals surface area contributed by atoms with Crippen LogP contribution in [-0.2, 0) is 22.6 Å². The Hall–Kier alpha value is -2.24. The number of benzene rings is 2. The van der Waals surface area contributed by atoms with E-state index in [1.54, 1.807) is 18.2 Å². The maximum Gasteiger partial charge on any atom is 0.261 e. The predicted molar refractivity (Wildman–Crippen MR) is 130 cm³/mol. The van der Waals surface area contributed by atoms with E-state index in [1.807, 2.05) is 52.0 Å². The molecule has 0 saturated heterocycles. The first-order valence-corrected chi connectivity index (χ1v) is 11.6. The third-order valence-corrected chi connectivity index (χ3v) is 5.68. The van der Waals surface area contributed by atoms with Gasteiger partial charge in [-0.2, -0.15) is 0 Å². The number of aryl methyl sites for hydroxylation is 1. The highest BCUT2D eigenvalue weighted by atomic mass is 35.5. The number of hydrogen-bond donors (Lipinski definition) is 1. The smallest absolute Gasteiger partial charge is 0.261 e. The average molecular weight is 479 g/mol. The van der Waals surface area contributed by atoms with E-state index in [0.29, 0.717) is 27.8 Å². The summed E-state index contributed by atoms with van der Waals surface area (Å²) in [7, 11) is 0. The van der Waals surface area contributed by atoms with Gasteiger partial charge in [0.05, 0.1) is 0 Å². The van der Waals surface area contributed by atoms with Gasteiger partial charge in [0.25, 0.3) is 5.91 Å².